The van der Waals surface area contributed by atoms with Gasteiger partial charge >= 0.3 is 0 Å². The van der Waals surface area contributed by atoms with E-state index >= 15 is 0 Å². The van der Waals surface area contributed by atoms with Gasteiger partial charge in [0.25, 0.3) is 0 Å². The van der Waals surface area contributed by atoms with E-state index in [1.807, 2.05) is 30.3 Å². The zero-order chi connectivity index (χ0) is 14.9. The number of benzene rings is 2. The van der Waals surface area contributed by atoms with Gasteiger partial charge in [0.1, 0.15) is 0 Å². The van der Waals surface area contributed by atoms with E-state index < -0.39 is 0 Å². The van der Waals surface area contributed by atoms with Crippen LogP contribution in [0.3, 0.4) is 0 Å². The van der Waals surface area contributed by atoms with Crippen molar-refractivity contribution in [1.82, 2.24) is 0 Å². The second-order valence-electron chi connectivity index (χ2n) is 4.05. The van der Waals surface area contributed by atoms with Gasteiger partial charge in [0.05, 0.1) is 14.6 Å². The Hall–Kier alpha value is -0.170. The third-order valence-electron chi connectivity index (χ3n) is 2.63. The quantitative estimate of drug-likeness (QED) is 0.453. The van der Waals surface area contributed by atoms with Crippen LogP contribution in [0.5, 0.6) is 0 Å². The van der Waals surface area contributed by atoms with Crippen molar-refractivity contribution in [1.29, 1.82) is 0 Å². The molecule has 0 heterocycles. The van der Waals surface area contributed by atoms with Crippen molar-refractivity contribution in [2.45, 2.75) is 6.92 Å². The van der Waals surface area contributed by atoms with E-state index in [-0.39, 0.29) is 5.91 Å². The number of carbonyl (C=O) groups excluding carboxylic acids is 1. The number of nitrogens with one attached hydrogen (secondary N) is 1. The molecule has 0 unspecified atom stereocenters. The van der Waals surface area contributed by atoms with Crippen LogP contribution in [0, 0.1) is 0 Å². The molecule has 104 valence electrons. The molecule has 0 saturated carbocycles. The average molecular weight is 527 g/mol. The Morgan fingerprint density at radius 1 is 0.900 bits per heavy atom. The maximum atomic E-state index is 11.3. The van der Waals surface area contributed by atoms with Gasteiger partial charge in [0.15, 0.2) is 0 Å². The highest BCUT2D eigenvalue weighted by atomic mass is 79.9. The maximum Gasteiger partial charge on any atom is 0.221 e. The van der Waals surface area contributed by atoms with Crippen molar-refractivity contribution in [3.8, 4) is 11.1 Å². The van der Waals surface area contributed by atoms with E-state index in [1.54, 1.807) is 0 Å². The van der Waals surface area contributed by atoms with Crippen LogP contribution in [0.25, 0.3) is 11.1 Å². The highest BCUT2D eigenvalue weighted by molar-refractivity contribution is 9.14. The molecule has 2 aromatic carbocycles. The van der Waals surface area contributed by atoms with E-state index in [4.69, 9.17) is 0 Å². The Bertz CT molecular complexity index is 642. The molecule has 0 radical (unpaired) electrons. The minimum Gasteiger partial charge on any atom is -0.324 e. The zero-order valence-corrected chi connectivity index (χ0v) is 16.7. The summed E-state index contributed by atoms with van der Waals surface area (Å²) >= 11 is 14.2. The van der Waals surface area contributed by atoms with Crippen molar-refractivity contribution in [3.63, 3.8) is 0 Å². The Kier molecular flexibility index (Phi) is 5.45. The largest absolute Gasteiger partial charge is 0.324 e. The van der Waals surface area contributed by atoms with Crippen LogP contribution in [-0.2, 0) is 4.79 Å². The van der Waals surface area contributed by atoms with Gasteiger partial charge in [-0.05, 0) is 69.3 Å². The monoisotopic (exact) mass is 523 g/mol. The number of halogens is 4. The van der Waals surface area contributed by atoms with Crippen LogP contribution in [0.4, 0.5) is 5.69 Å². The highest BCUT2D eigenvalue weighted by Gasteiger charge is 2.20. The fourth-order valence-corrected chi connectivity index (χ4v) is 4.55. The summed E-state index contributed by atoms with van der Waals surface area (Å²) in [5, 5.41) is 2.81. The number of hydrogen-bond donors (Lipinski definition) is 1. The second kappa shape index (κ2) is 6.73. The van der Waals surface area contributed by atoms with E-state index in [0.29, 0.717) is 5.69 Å². The van der Waals surface area contributed by atoms with Crippen molar-refractivity contribution >= 4 is 75.3 Å². The summed E-state index contributed by atoms with van der Waals surface area (Å²) in [4.78, 5) is 11.3. The van der Waals surface area contributed by atoms with E-state index in [2.05, 4.69) is 69.0 Å². The molecule has 0 aliphatic carbocycles. The van der Waals surface area contributed by atoms with Gasteiger partial charge in [0, 0.05) is 21.4 Å². The lowest BCUT2D eigenvalue weighted by molar-refractivity contribution is -0.114. The Labute approximate surface area is 150 Å². The maximum absolute atomic E-state index is 11.3. The number of anilines is 1. The molecule has 0 saturated heterocycles. The molecule has 0 bridgehead atoms. The molecule has 0 aliphatic heterocycles. The van der Waals surface area contributed by atoms with Crippen molar-refractivity contribution in [2.24, 2.45) is 0 Å². The normalized spacial score (nSPS) is 10.4. The summed E-state index contributed by atoms with van der Waals surface area (Å²) in [6, 6.07) is 10.0. The molecule has 2 aromatic rings. The molecule has 0 atom stereocenters. The first kappa shape index (κ1) is 16.2. The first-order valence-corrected chi connectivity index (χ1v) is 8.79. The van der Waals surface area contributed by atoms with Crippen molar-refractivity contribution in [3.05, 3.63) is 48.2 Å². The zero-order valence-electron chi connectivity index (χ0n) is 10.3. The summed E-state index contributed by atoms with van der Waals surface area (Å²) in [7, 11) is 0. The van der Waals surface area contributed by atoms with Crippen LogP contribution in [0.15, 0.2) is 48.2 Å². The summed E-state index contributed by atoms with van der Waals surface area (Å²) in [5.41, 5.74) is 2.77. The molecule has 0 aliphatic rings. The Morgan fingerprint density at radius 2 is 1.40 bits per heavy atom. The van der Waals surface area contributed by atoms with Crippen LogP contribution in [0.2, 0.25) is 0 Å². The molecular formula is C14H9Br4NO. The number of carbonyl (C=O) groups is 1. The Balaban J connectivity index is 2.71. The van der Waals surface area contributed by atoms with Crippen molar-refractivity contribution < 1.29 is 4.79 Å². The van der Waals surface area contributed by atoms with Gasteiger partial charge < -0.3 is 5.32 Å². The van der Waals surface area contributed by atoms with Gasteiger partial charge in [-0.25, -0.2) is 0 Å². The van der Waals surface area contributed by atoms with Crippen LogP contribution in [-0.4, -0.2) is 5.91 Å². The molecule has 0 fully saturated rings. The summed E-state index contributed by atoms with van der Waals surface area (Å²) in [6.07, 6.45) is 0. The minimum absolute atomic E-state index is 0.127. The lowest BCUT2D eigenvalue weighted by Crippen LogP contribution is -2.08. The number of amides is 1. The first-order chi connectivity index (χ1) is 9.43. The molecule has 2 rings (SSSR count). The molecule has 20 heavy (non-hydrogen) atoms. The second-order valence-corrected chi connectivity index (χ2v) is 7.23. The fourth-order valence-electron chi connectivity index (χ4n) is 1.78. The average Bonchev–Trinajstić information content (AvgIpc) is 2.43. The predicted molar refractivity (Wildman–Crippen MR) is 97.0 cm³/mol. The van der Waals surface area contributed by atoms with Gasteiger partial charge in [0.2, 0.25) is 5.91 Å². The van der Waals surface area contributed by atoms with Gasteiger partial charge in [-0.1, -0.05) is 30.3 Å². The van der Waals surface area contributed by atoms with E-state index in [9.17, 15) is 4.79 Å². The third-order valence-corrected chi connectivity index (χ3v) is 6.86. The topological polar surface area (TPSA) is 29.1 Å². The van der Waals surface area contributed by atoms with Crippen molar-refractivity contribution in [2.75, 3.05) is 5.32 Å². The van der Waals surface area contributed by atoms with Crippen LogP contribution >= 0.6 is 63.7 Å². The highest BCUT2D eigenvalue weighted by Crippen LogP contribution is 2.48. The summed E-state index contributed by atoms with van der Waals surface area (Å²) in [6.45, 7) is 1.48. The van der Waals surface area contributed by atoms with E-state index in [1.165, 1.54) is 6.92 Å². The molecule has 1 amide bonds. The van der Waals surface area contributed by atoms with Gasteiger partial charge in [-0.2, -0.15) is 0 Å². The molecule has 6 heteroatoms. The smallest absolute Gasteiger partial charge is 0.221 e. The standard InChI is InChI=1S/C14H9Br4NO/c1-7(20)19-14-12(17)10(15)9(11(16)13(14)18)8-5-3-2-4-6-8/h2-6H,1H3,(H,19,20). The molecule has 1 N–H and O–H groups in total. The predicted octanol–water partition coefficient (Wildman–Crippen LogP) is 6.36. The fraction of sp³-hybridized carbons (Fsp3) is 0.0714. The SMILES string of the molecule is CC(=O)Nc1c(Br)c(Br)c(-c2ccccc2)c(Br)c1Br. The third kappa shape index (κ3) is 3.18. The minimum atomic E-state index is -0.127. The van der Waals surface area contributed by atoms with E-state index in [0.717, 1.165) is 29.0 Å². The summed E-state index contributed by atoms with van der Waals surface area (Å²) in [5.74, 6) is -0.127. The van der Waals surface area contributed by atoms with Crippen LogP contribution in [0.1, 0.15) is 6.92 Å². The molecule has 0 spiro atoms. The first-order valence-electron chi connectivity index (χ1n) is 5.62. The number of hydrogen-bond acceptors (Lipinski definition) is 1. The number of rotatable bonds is 2. The molecule has 2 nitrogen and oxygen atoms in total. The lowest BCUT2D eigenvalue weighted by atomic mass is 10.1. The molecular weight excluding hydrogens is 518 g/mol. The Morgan fingerprint density at radius 3 is 1.85 bits per heavy atom. The molecule has 0 aromatic heterocycles. The lowest BCUT2D eigenvalue weighted by Gasteiger charge is -2.17. The van der Waals surface area contributed by atoms with Crippen LogP contribution < -0.4 is 5.32 Å². The van der Waals surface area contributed by atoms with Gasteiger partial charge in [-0.15, -0.1) is 0 Å². The summed E-state index contributed by atoms with van der Waals surface area (Å²) < 4.78 is 3.34. The van der Waals surface area contributed by atoms with Gasteiger partial charge in [-0.3, -0.25) is 4.79 Å².